The first-order valence-corrected chi connectivity index (χ1v) is 16.8. The summed E-state index contributed by atoms with van der Waals surface area (Å²) >= 11 is 0. The van der Waals surface area contributed by atoms with E-state index in [1.54, 1.807) is 7.11 Å². The van der Waals surface area contributed by atoms with Crippen LogP contribution >= 0.6 is 0 Å². The molecule has 0 spiro atoms. The molecule has 0 bridgehead atoms. The summed E-state index contributed by atoms with van der Waals surface area (Å²) in [5.41, 5.74) is 4.54. The lowest BCUT2D eigenvalue weighted by atomic mass is 9.32. The molecule has 0 aromatic rings. The van der Waals surface area contributed by atoms with E-state index in [-0.39, 0.29) is 87.0 Å². The second-order valence-corrected chi connectivity index (χ2v) is 17.4. The third-order valence-corrected chi connectivity index (χ3v) is 15.3. The number of methoxy groups -OCH3 is 1. The number of carbonyl (C=O) groups excluding carboxylic acids is 4. The molecule has 5 aliphatic carbocycles. The van der Waals surface area contributed by atoms with Crippen LogP contribution in [0.4, 0.5) is 0 Å². The van der Waals surface area contributed by atoms with Crippen molar-refractivity contribution in [3.05, 3.63) is 11.6 Å². The quantitative estimate of drug-likeness (QED) is 0.423. The predicted octanol–water partition coefficient (Wildman–Crippen LogP) is 5.89. The van der Waals surface area contributed by atoms with Crippen LogP contribution in [-0.4, -0.2) is 36.2 Å². The highest BCUT2D eigenvalue weighted by atomic mass is 16.5. The largest absolute Gasteiger partial charge is 0.369 e. The van der Waals surface area contributed by atoms with Crippen LogP contribution in [0.1, 0.15) is 119 Å². The van der Waals surface area contributed by atoms with Crippen LogP contribution in [0.3, 0.4) is 0 Å². The van der Waals surface area contributed by atoms with Gasteiger partial charge in [0.05, 0.1) is 0 Å². The Balaban J connectivity index is 1.40. The van der Waals surface area contributed by atoms with Crippen molar-refractivity contribution in [1.29, 1.82) is 0 Å². The molecule has 0 radical (unpaired) electrons. The van der Waals surface area contributed by atoms with Crippen molar-refractivity contribution in [2.24, 2.45) is 61.9 Å². The fourth-order valence-electron chi connectivity index (χ4n) is 12.5. The van der Waals surface area contributed by atoms with Crippen molar-refractivity contribution < 1.29 is 23.9 Å². The lowest BCUT2D eigenvalue weighted by Gasteiger charge is -2.71. The standard InChI is InChI=1S/C36H54N2O5/c1-30(2)24-12-14-35(7)28(33(24,5)13-11-25(30)36(43-8)26(40)9-10-27(41)38-36)23(39)19-21-22-20-32(4,29(37)42)16-15-31(22,3)17-18-34(21,35)6/h19,22,24-25,28H,9-18,20H2,1-8H3,(H2,37,42)(H,38,41)/t22-,24?,25+,28+,31+,32-,33-,34+,35+,36?/m0/s1. The molecule has 1 heterocycles. The summed E-state index contributed by atoms with van der Waals surface area (Å²) in [5.74, 6) is -0.0653. The number of fused-ring (bicyclic) bond motifs is 7. The van der Waals surface area contributed by atoms with Crippen LogP contribution in [0.15, 0.2) is 11.6 Å². The minimum Gasteiger partial charge on any atom is -0.369 e. The van der Waals surface area contributed by atoms with Crippen molar-refractivity contribution in [1.82, 2.24) is 5.32 Å². The molecule has 0 aromatic carbocycles. The molecule has 1 saturated heterocycles. The zero-order chi connectivity index (χ0) is 31.6. The monoisotopic (exact) mass is 594 g/mol. The molecule has 6 rings (SSSR count). The number of primary amides is 1. The molecule has 43 heavy (non-hydrogen) atoms. The molecule has 2 amide bonds. The Morgan fingerprint density at radius 1 is 0.884 bits per heavy atom. The van der Waals surface area contributed by atoms with Crippen LogP contribution < -0.4 is 11.1 Å². The Hall–Kier alpha value is -2.02. The van der Waals surface area contributed by atoms with E-state index in [4.69, 9.17) is 10.5 Å². The second kappa shape index (κ2) is 9.26. The summed E-state index contributed by atoms with van der Waals surface area (Å²) in [4.78, 5) is 53.3. The summed E-state index contributed by atoms with van der Waals surface area (Å²) < 4.78 is 5.99. The van der Waals surface area contributed by atoms with E-state index in [1.165, 1.54) is 5.57 Å². The molecule has 7 heteroatoms. The van der Waals surface area contributed by atoms with Gasteiger partial charge in [-0.25, -0.2) is 0 Å². The number of allylic oxidation sites excluding steroid dienone is 2. The second-order valence-electron chi connectivity index (χ2n) is 17.4. The predicted molar refractivity (Wildman–Crippen MR) is 164 cm³/mol. The smallest absolute Gasteiger partial charge is 0.223 e. The van der Waals surface area contributed by atoms with Gasteiger partial charge in [-0.3, -0.25) is 19.2 Å². The molecule has 7 nitrogen and oxygen atoms in total. The molecule has 1 aliphatic heterocycles. The first-order chi connectivity index (χ1) is 19.8. The van der Waals surface area contributed by atoms with Gasteiger partial charge in [-0.15, -0.1) is 0 Å². The van der Waals surface area contributed by atoms with Crippen LogP contribution in [-0.2, 0) is 23.9 Å². The number of hydrogen-bond acceptors (Lipinski definition) is 5. The highest BCUT2D eigenvalue weighted by Gasteiger charge is 2.72. The number of piperidine rings is 1. The first-order valence-electron chi connectivity index (χ1n) is 16.8. The maximum Gasteiger partial charge on any atom is 0.223 e. The molecular formula is C36H54N2O5. The Kier molecular flexibility index (Phi) is 6.67. The molecule has 4 saturated carbocycles. The lowest BCUT2D eigenvalue weighted by Crippen LogP contribution is -2.71. The molecule has 6 aliphatic rings. The zero-order valence-corrected chi connectivity index (χ0v) is 27.8. The number of hydrogen-bond donors (Lipinski definition) is 2. The third kappa shape index (κ3) is 3.81. The molecule has 0 aromatic heterocycles. The first kappa shape index (κ1) is 31.0. The van der Waals surface area contributed by atoms with Crippen molar-refractivity contribution >= 4 is 23.4 Å². The summed E-state index contributed by atoms with van der Waals surface area (Å²) in [6.07, 6.45) is 10.5. The Labute approximate surface area is 257 Å². The molecule has 238 valence electrons. The van der Waals surface area contributed by atoms with E-state index in [1.807, 2.05) is 13.0 Å². The molecule has 10 atom stereocenters. The van der Waals surface area contributed by atoms with Gasteiger partial charge in [0.15, 0.2) is 11.6 Å². The van der Waals surface area contributed by atoms with Crippen molar-refractivity contribution in [3.8, 4) is 0 Å². The topological polar surface area (TPSA) is 116 Å². The van der Waals surface area contributed by atoms with Gasteiger partial charge in [0, 0.05) is 37.2 Å². The number of ether oxygens (including phenoxy) is 1. The fourth-order valence-corrected chi connectivity index (χ4v) is 12.5. The van der Waals surface area contributed by atoms with Gasteiger partial charge in [-0.05, 0) is 103 Å². The number of nitrogens with two attached hydrogens (primary N) is 1. The van der Waals surface area contributed by atoms with E-state index in [0.29, 0.717) is 6.42 Å². The van der Waals surface area contributed by atoms with Gasteiger partial charge in [-0.1, -0.05) is 54.0 Å². The number of ketones is 2. The van der Waals surface area contributed by atoms with Gasteiger partial charge in [-0.2, -0.15) is 0 Å². The van der Waals surface area contributed by atoms with E-state index >= 15 is 0 Å². The molecular weight excluding hydrogens is 540 g/mol. The van der Waals surface area contributed by atoms with Crippen LogP contribution in [0, 0.1) is 56.2 Å². The lowest BCUT2D eigenvalue weighted by molar-refractivity contribution is -0.222. The van der Waals surface area contributed by atoms with Gasteiger partial charge in [0.25, 0.3) is 0 Å². The number of Topliss-reactive ketones (excluding diaryl/α,β-unsaturated/α-hetero) is 1. The minimum absolute atomic E-state index is 0.0357. The van der Waals surface area contributed by atoms with Crippen molar-refractivity contribution in [3.63, 3.8) is 0 Å². The van der Waals surface area contributed by atoms with Gasteiger partial charge in [0.1, 0.15) is 0 Å². The SMILES string of the molecule is COC1([C@@H]2CC[C@@]3(C)C(CC[C@]4(C)[C@@H]3C(=O)C=C3[C@@H]5C[C@@](C)(C(N)=O)CC[C@]5(C)CC[C@]34C)C2(C)C)NC(=O)CCC1=O. The zero-order valence-electron chi connectivity index (χ0n) is 27.8. The molecule has 5 fully saturated rings. The van der Waals surface area contributed by atoms with E-state index in [9.17, 15) is 19.2 Å². The van der Waals surface area contributed by atoms with E-state index in [2.05, 4.69) is 46.9 Å². The van der Waals surface area contributed by atoms with E-state index in [0.717, 1.165) is 51.4 Å². The van der Waals surface area contributed by atoms with Gasteiger partial charge in [0.2, 0.25) is 17.5 Å². The summed E-state index contributed by atoms with van der Waals surface area (Å²) in [5, 5.41) is 3.00. The highest BCUT2D eigenvalue weighted by molar-refractivity contribution is 5.98. The van der Waals surface area contributed by atoms with Crippen LogP contribution in [0.25, 0.3) is 0 Å². The van der Waals surface area contributed by atoms with Crippen molar-refractivity contribution in [2.75, 3.05) is 7.11 Å². The molecule has 2 unspecified atom stereocenters. The van der Waals surface area contributed by atoms with Gasteiger partial charge < -0.3 is 15.8 Å². The van der Waals surface area contributed by atoms with Crippen LogP contribution in [0.5, 0.6) is 0 Å². The Morgan fingerprint density at radius 2 is 1.53 bits per heavy atom. The van der Waals surface area contributed by atoms with Crippen LogP contribution in [0.2, 0.25) is 0 Å². The Bertz CT molecular complexity index is 1320. The number of carbonyl (C=O) groups is 4. The normalized spacial score (nSPS) is 50.8. The van der Waals surface area contributed by atoms with Crippen molar-refractivity contribution in [2.45, 2.75) is 125 Å². The third-order valence-electron chi connectivity index (χ3n) is 15.3. The average Bonchev–Trinajstić information content (AvgIpc) is 2.92. The summed E-state index contributed by atoms with van der Waals surface area (Å²) in [7, 11) is 1.55. The molecule has 3 N–H and O–H groups in total. The number of amides is 2. The maximum atomic E-state index is 14.7. The highest BCUT2D eigenvalue weighted by Crippen LogP contribution is 2.76. The van der Waals surface area contributed by atoms with Gasteiger partial charge >= 0.3 is 0 Å². The minimum atomic E-state index is -1.31. The fraction of sp³-hybridized carbons (Fsp3) is 0.833. The summed E-state index contributed by atoms with van der Waals surface area (Å²) in [6.45, 7) is 16.0. The number of rotatable bonds is 3. The Morgan fingerprint density at radius 3 is 2.19 bits per heavy atom. The maximum absolute atomic E-state index is 14.7. The average molecular weight is 595 g/mol. The summed E-state index contributed by atoms with van der Waals surface area (Å²) in [6, 6.07) is 0. The number of nitrogens with one attached hydrogen (secondary N) is 1. The van der Waals surface area contributed by atoms with E-state index < -0.39 is 11.1 Å².